The van der Waals surface area contributed by atoms with E-state index in [0.29, 0.717) is 39.6 Å². The van der Waals surface area contributed by atoms with Crippen LogP contribution in [0.1, 0.15) is 12.8 Å². The number of likely N-dealkylation sites (N-methyl/N-ethyl adjacent to an activating group) is 1. The van der Waals surface area contributed by atoms with Crippen molar-refractivity contribution in [2.45, 2.75) is 18.9 Å². The lowest BCUT2D eigenvalue weighted by atomic mass is 10.1. The van der Waals surface area contributed by atoms with Crippen molar-refractivity contribution >= 4 is 52.1 Å². The number of hydrogen-bond acceptors (Lipinski definition) is 7. The molecule has 0 aromatic heterocycles. The minimum absolute atomic E-state index is 0.0279. The Balaban J connectivity index is 1.49. The van der Waals surface area contributed by atoms with Crippen LogP contribution in [0.5, 0.6) is 11.5 Å². The van der Waals surface area contributed by atoms with E-state index in [1.165, 1.54) is 12.0 Å². The smallest absolute Gasteiger partial charge is 0.256 e. The monoisotopic (exact) mass is 559 g/mol. The first-order chi connectivity index (χ1) is 18.3. The molecule has 2 heterocycles. The summed E-state index contributed by atoms with van der Waals surface area (Å²) in [4.78, 5) is 34.8. The minimum atomic E-state index is -0.714. The molecule has 2 amide bonds. The molecule has 0 bridgehead atoms. The topological polar surface area (TPSA) is 77.6 Å². The van der Waals surface area contributed by atoms with Crippen molar-refractivity contribution in [1.82, 2.24) is 14.7 Å². The van der Waals surface area contributed by atoms with Gasteiger partial charge in [-0.25, -0.2) is 0 Å². The van der Waals surface area contributed by atoms with E-state index in [-0.39, 0.29) is 18.2 Å². The summed E-state index contributed by atoms with van der Waals surface area (Å²) in [6, 6.07) is 11.5. The number of halogens is 1. The quantitative estimate of drug-likeness (QED) is 0.444. The number of methoxy groups -OCH3 is 2. The van der Waals surface area contributed by atoms with Crippen LogP contribution in [0.25, 0.3) is 0 Å². The number of carbonyl (C=O) groups is 2. The van der Waals surface area contributed by atoms with Gasteiger partial charge >= 0.3 is 0 Å². The van der Waals surface area contributed by atoms with Gasteiger partial charge in [0.1, 0.15) is 17.5 Å². The molecule has 0 spiro atoms. The number of thiocarbonyl (C=S) groups is 1. The lowest BCUT2D eigenvalue weighted by Gasteiger charge is -2.33. The van der Waals surface area contributed by atoms with Crippen LogP contribution in [0.4, 0.5) is 11.4 Å². The summed E-state index contributed by atoms with van der Waals surface area (Å²) in [7, 11) is 5.25. The van der Waals surface area contributed by atoms with E-state index >= 15 is 0 Å². The fourth-order valence-electron chi connectivity index (χ4n) is 4.72. The Morgan fingerprint density at radius 1 is 1.05 bits per heavy atom. The molecule has 2 aliphatic heterocycles. The Morgan fingerprint density at radius 3 is 2.39 bits per heavy atom. The van der Waals surface area contributed by atoms with E-state index in [0.717, 1.165) is 39.1 Å². The average Bonchev–Trinajstić information content (AvgIpc) is 3.14. The Kier molecular flexibility index (Phi) is 9.43. The Morgan fingerprint density at radius 2 is 1.76 bits per heavy atom. The molecule has 2 aliphatic rings. The number of rotatable bonds is 10. The number of carbonyl (C=O) groups excluding carboxylic acids is 2. The fraction of sp³-hybridized carbons (Fsp3) is 0.444. The normalized spacial score (nSPS) is 18.7. The molecule has 4 rings (SSSR count). The molecule has 1 N–H and O–H groups in total. The van der Waals surface area contributed by atoms with Gasteiger partial charge in [-0.2, -0.15) is 0 Å². The highest BCUT2D eigenvalue weighted by Crippen LogP contribution is 2.33. The summed E-state index contributed by atoms with van der Waals surface area (Å²) >= 11 is 12.1. The van der Waals surface area contributed by atoms with Crippen LogP contribution in [0.2, 0.25) is 5.02 Å². The lowest BCUT2D eigenvalue weighted by molar-refractivity contribution is -0.124. The molecule has 0 unspecified atom stereocenters. The molecule has 11 heteroatoms. The van der Waals surface area contributed by atoms with Gasteiger partial charge < -0.3 is 29.5 Å². The van der Waals surface area contributed by atoms with Crippen LogP contribution in [0.3, 0.4) is 0 Å². The van der Waals surface area contributed by atoms with E-state index in [4.69, 9.17) is 33.3 Å². The average molecular weight is 560 g/mol. The third-order valence-corrected chi connectivity index (χ3v) is 7.65. The number of anilines is 2. The molecule has 204 valence electrons. The summed E-state index contributed by atoms with van der Waals surface area (Å²) in [5, 5.41) is 3.63. The second-order valence-corrected chi connectivity index (χ2v) is 10.2. The SMILES string of the molecule is COc1ccc(NC(=O)C[C@H]2C(=O)N(c3ccc(OC)c(Cl)c3)C(=S)N2CCCN2CCN(C)CC2)cc1. The molecule has 2 aromatic rings. The summed E-state index contributed by atoms with van der Waals surface area (Å²) in [6.45, 7) is 5.59. The van der Waals surface area contributed by atoms with E-state index in [1.807, 2.05) is 4.90 Å². The molecular weight excluding hydrogens is 526 g/mol. The molecule has 2 aromatic carbocycles. The first kappa shape index (κ1) is 28.1. The summed E-state index contributed by atoms with van der Waals surface area (Å²) in [6.07, 6.45) is 0.796. The maximum Gasteiger partial charge on any atom is 0.256 e. The van der Waals surface area contributed by atoms with Crippen LogP contribution in [-0.4, -0.2) is 98.2 Å². The maximum absolute atomic E-state index is 13.7. The van der Waals surface area contributed by atoms with E-state index < -0.39 is 6.04 Å². The van der Waals surface area contributed by atoms with Gasteiger partial charge in [0, 0.05) is 38.4 Å². The highest BCUT2D eigenvalue weighted by Gasteiger charge is 2.44. The molecule has 0 radical (unpaired) electrons. The highest BCUT2D eigenvalue weighted by atomic mass is 35.5. The number of amides is 2. The summed E-state index contributed by atoms with van der Waals surface area (Å²) in [5.41, 5.74) is 1.18. The predicted octanol–water partition coefficient (Wildman–Crippen LogP) is 3.33. The second kappa shape index (κ2) is 12.8. The van der Waals surface area contributed by atoms with Crippen LogP contribution in [-0.2, 0) is 9.59 Å². The van der Waals surface area contributed by atoms with Gasteiger partial charge in [0.25, 0.3) is 5.91 Å². The zero-order chi connectivity index (χ0) is 27.2. The number of nitrogens with zero attached hydrogens (tertiary/aromatic N) is 4. The Hall–Kier alpha value is -2.92. The molecule has 0 aliphatic carbocycles. The van der Waals surface area contributed by atoms with Gasteiger partial charge in [-0.15, -0.1) is 0 Å². The van der Waals surface area contributed by atoms with Crippen molar-refractivity contribution in [2.24, 2.45) is 0 Å². The molecule has 2 saturated heterocycles. The third kappa shape index (κ3) is 6.55. The molecule has 1 atom stereocenters. The van der Waals surface area contributed by atoms with E-state index in [2.05, 4.69) is 22.2 Å². The van der Waals surface area contributed by atoms with Crippen LogP contribution < -0.4 is 19.7 Å². The maximum atomic E-state index is 13.7. The highest BCUT2D eigenvalue weighted by molar-refractivity contribution is 7.80. The van der Waals surface area contributed by atoms with E-state index in [1.54, 1.807) is 49.6 Å². The molecular formula is C27H34ClN5O4S. The largest absolute Gasteiger partial charge is 0.497 e. The minimum Gasteiger partial charge on any atom is -0.497 e. The number of ether oxygens (including phenoxy) is 2. The predicted molar refractivity (Wildman–Crippen MR) is 153 cm³/mol. The number of nitrogens with one attached hydrogen (secondary N) is 1. The van der Waals surface area contributed by atoms with E-state index in [9.17, 15) is 9.59 Å². The number of hydrogen-bond donors (Lipinski definition) is 1. The second-order valence-electron chi connectivity index (χ2n) is 9.46. The van der Waals surface area contributed by atoms with Gasteiger partial charge in [0.2, 0.25) is 5.91 Å². The molecule has 38 heavy (non-hydrogen) atoms. The fourth-order valence-corrected chi connectivity index (χ4v) is 5.38. The van der Waals surface area contributed by atoms with Crippen molar-refractivity contribution in [3.63, 3.8) is 0 Å². The summed E-state index contributed by atoms with van der Waals surface area (Å²) < 4.78 is 10.4. The summed E-state index contributed by atoms with van der Waals surface area (Å²) in [5.74, 6) is 0.683. The van der Waals surface area contributed by atoms with Crippen molar-refractivity contribution in [3.8, 4) is 11.5 Å². The van der Waals surface area contributed by atoms with Crippen LogP contribution in [0.15, 0.2) is 42.5 Å². The van der Waals surface area contributed by atoms with Crippen LogP contribution in [0, 0.1) is 0 Å². The Labute approximate surface area is 234 Å². The number of benzene rings is 2. The first-order valence-electron chi connectivity index (χ1n) is 12.6. The molecule has 9 nitrogen and oxygen atoms in total. The zero-order valence-electron chi connectivity index (χ0n) is 22.0. The lowest BCUT2D eigenvalue weighted by Crippen LogP contribution is -2.45. The third-order valence-electron chi connectivity index (χ3n) is 6.93. The van der Waals surface area contributed by atoms with Gasteiger partial charge in [-0.05, 0) is 74.7 Å². The van der Waals surface area contributed by atoms with Gasteiger partial charge in [0.05, 0.1) is 31.4 Å². The Bertz CT molecular complexity index is 1160. The molecule has 0 saturated carbocycles. The van der Waals surface area contributed by atoms with Gasteiger partial charge in [-0.1, -0.05) is 11.6 Å². The van der Waals surface area contributed by atoms with Crippen molar-refractivity contribution in [3.05, 3.63) is 47.5 Å². The van der Waals surface area contributed by atoms with Crippen molar-refractivity contribution in [2.75, 3.05) is 70.8 Å². The number of piperazine rings is 1. The van der Waals surface area contributed by atoms with Gasteiger partial charge in [-0.3, -0.25) is 14.5 Å². The van der Waals surface area contributed by atoms with Crippen LogP contribution >= 0.6 is 23.8 Å². The van der Waals surface area contributed by atoms with Crippen molar-refractivity contribution < 1.29 is 19.1 Å². The zero-order valence-corrected chi connectivity index (χ0v) is 23.6. The molecule has 2 fully saturated rings. The van der Waals surface area contributed by atoms with Gasteiger partial charge in [0.15, 0.2) is 5.11 Å². The van der Waals surface area contributed by atoms with Crippen molar-refractivity contribution in [1.29, 1.82) is 0 Å². The standard InChI is InChI=1S/C27H34ClN5O4S/c1-30-13-15-31(16-14-30)11-4-12-32-23(18-25(34)29-19-5-8-21(36-2)9-6-19)26(35)33(27(32)38)20-7-10-24(37-3)22(28)17-20/h5-10,17,23H,4,11-16,18H2,1-3H3,(H,29,34)/t23-/m0/s1. The first-order valence-corrected chi connectivity index (χ1v) is 13.4.